The van der Waals surface area contributed by atoms with Crippen LogP contribution < -0.4 is 10.6 Å². The van der Waals surface area contributed by atoms with Crippen molar-refractivity contribution in [3.05, 3.63) is 78.0 Å². The number of guanidine groups is 1. The first-order valence-corrected chi connectivity index (χ1v) is 11.0. The Morgan fingerprint density at radius 1 is 1.13 bits per heavy atom. The number of hydrogen-bond acceptors (Lipinski definition) is 4. The van der Waals surface area contributed by atoms with Crippen LogP contribution in [0.25, 0.3) is 11.3 Å². The van der Waals surface area contributed by atoms with Crippen LogP contribution >= 0.6 is 0 Å². The Morgan fingerprint density at radius 2 is 1.87 bits per heavy atom. The van der Waals surface area contributed by atoms with E-state index in [0.29, 0.717) is 18.6 Å². The summed E-state index contributed by atoms with van der Waals surface area (Å²) in [6.07, 6.45) is 2.19. The molecule has 0 bridgehead atoms. The highest BCUT2D eigenvalue weighted by atomic mass is 16.5. The predicted octanol–water partition coefficient (Wildman–Crippen LogP) is 4.06. The third-order valence-electron chi connectivity index (χ3n) is 5.86. The zero-order chi connectivity index (χ0) is 21.5. The third-order valence-corrected chi connectivity index (χ3v) is 5.86. The molecule has 1 aliphatic heterocycles. The van der Waals surface area contributed by atoms with Gasteiger partial charge in [0.15, 0.2) is 11.7 Å². The first kappa shape index (κ1) is 21.1. The van der Waals surface area contributed by atoms with Crippen molar-refractivity contribution in [2.24, 2.45) is 4.99 Å². The van der Waals surface area contributed by atoms with Crippen LogP contribution in [0, 0.1) is 0 Å². The maximum atomic E-state index is 5.49. The summed E-state index contributed by atoms with van der Waals surface area (Å²) in [7, 11) is 1.81. The minimum Gasteiger partial charge on any atom is -0.356 e. The maximum absolute atomic E-state index is 5.49. The van der Waals surface area contributed by atoms with Crippen molar-refractivity contribution in [2.75, 3.05) is 13.6 Å². The highest BCUT2D eigenvalue weighted by Gasteiger charge is 2.26. The molecule has 4 rings (SSSR count). The second kappa shape index (κ2) is 10.3. The van der Waals surface area contributed by atoms with Gasteiger partial charge in [-0.05, 0) is 25.3 Å². The second-order valence-corrected chi connectivity index (χ2v) is 8.15. The van der Waals surface area contributed by atoms with Crippen LogP contribution in [0.5, 0.6) is 0 Å². The van der Waals surface area contributed by atoms with E-state index in [0.717, 1.165) is 48.9 Å². The standard InChI is InChI=1S/C25H31N5O/c1-19-15-22(13-14-30(19)18-20-9-5-3-6-10-20)28-25(26-2)27-17-23-16-24(31-29-23)21-11-7-4-8-12-21/h3-12,16,19,22H,13-15,17-18H2,1-2H3,(H2,26,27,28). The Balaban J connectivity index is 1.26. The fourth-order valence-electron chi connectivity index (χ4n) is 4.10. The minimum absolute atomic E-state index is 0.408. The van der Waals surface area contributed by atoms with Gasteiger partial charge in [0.25, 0.3) is 0 Å². The molecule has 1 aromatic heterocycles. The summed E-state index contributed by atoms with van der Waals surface area (Å²) in [5.41, 5.74) is 3.26. The van der Waals surface area contributed by atoms with E-state index in [1.807, 2.05) is 43.4 Å². The summed E-state index contributed by atoms with van der Waals surface area (Å²) >= 11 is 0. The smallest absolute Gasteiger partial charge is 0.191 e. The van der Waals surface area contributed by atoms with Gasteiger partial charge in [-0.2, -0.15) is 0 Å². The first-order valence-electron chi connectivity index (χ1n) is 11.0. The minimum atomic E-state index is 0.408. The highest BCUT2D eigenvalue weighted by molar-refractivity contribution is 5.80. The van der Waals surface area contributed by atoms with Gasteiger partial charge >= 0.3 is 0 Å². The van der Waals surface area contributed by atoms with E-state index in [1.165, 1.54) is 5.56 Å². The summed E-state index contributed by atoms with van der Waals surface area (Å²) in [6.45, 7) is 4.97. The summed E-state index contributed by atoms with van der Waals surface area (Å²) in [5, 5.41) is 11.1. The van der Waals surface area contributed by atoms with Gasteiger partial charge in [-0.25, -0.2) is 0 Å². The van der Waals surface area contributed by atoms with Gasteiger partial charge in [-0.3, -0.25) is 9.89 Å². The summed E-state index contributed by atoms with van der Waals surface area (Å²) in [6, 6.07) is 23.6. The molecule has 2 heterocycles. The molecule has 0 spiro atoms. The van der Waals surface area contributed by atoms with Gasteiger partial charge in [0.2, 0.25) is 0 Å². The predicted molar refractivity (Wildman–Crippen MR) is 125 cm³/mol. The van der Waals surface area contributed by atoms with Crippen LogP contribution in [0.3, 0.4) is 0 Å². The lowest BCUT2D eigenvalue weighted by Gasteiger charge is -2.38. The van der Waals surface area contributed by atoms with E-state index in [1.54, 1.807) is 0 Å². The lowest BCUT2D eigenvalue weighted by Crippen LogP contribution is -2.51. The SMILES string of the molecule is CN=C(NCc1cc(-c2ccccc2)on1)NC1CCN(Cc2ccccc2)C(C)C1. The monoisotopic (exact) mass is 417 g/mol. The third kappa shape index (κ3) is 5.73. The van der Waals surface area contributed by atoms with E-state index >= 15 is 0 Å². The van der Waals surface area contributed by atoms with Crippen LogP contribution in [-0.2, 0) is 13.1 Å². The van der Waals surface area contributed by atoms with Crippen molar-refractivity contribution in [3.63, 3.8) is 0 Å². The molecule has 1 aliphatic rings. The number of rotatable bonds is 6. The fourth-order valence-corrected chi connectivity index (χ4v) is 4.10. The molecule has 3 aromatic rings. The zero-order valence-corrected chi connectivity index (χ0v) is 18.3. The van der Waals surface area contributed by atoms with Crippen molar-refractivity contribution in [1.82, 2.24) is 20.7 Å². The molecule has 1 saturated heterocycles. The summed E-state index contributed by atoms with van der Waals surface area (Å²) < 4.78 is 5.49. The topological polar surface area (TPSA) is 65.7 Å². The second-order valence-electron chi connectivity index (χ2n) is 8.15. The Labute approximate surface area is 184 Å². The fraction of sp³-hybridized carbons (Fsp3) is 0.360. The lowest BCUT2D eigenvalue weighted by atomic mass is 9.97. The van der Waals surface area contributed by atoms with Gasteiger partial charge in [-0.1, -0.05) is 65.8 Å². The highest BCUT2D eigenvalue weighted by Crippen LogP contribution is 2.21. The van der Waals surface area contributed by atoms with Crippen molar-refractivity contribution < 1.29 is 4.52 Å². The molecule has 2 aromatic carbocycles. The number of benzene rings is 2. The molecule has 2 N–H and O–H groups in total. The number of nitrogens with zero attached hydrogens (tertiary/aromatic N) is 3. The Morgan fingerprint density at radius 3 is 2.58 bits per heavy atom. The van der Waals surface area contributed by atoms with Gasteiger partial charge in [0, 0.05) is 43.9 Å². The molecule has 162 valence electrons. The molecule has 2 unspecified atom stereocenters. The number of hydrogen-bond donors (Lipinski definition) is 2. The van der Waals surface area contributed by atoms with Crippen LogP contribution in [0.15, 0.2) is 76.2 Å². The van der Waals surface area contributed by atoms with E-state index in [2.05, 4.69) is 62.9 Å². The molecule has 1 fully saturated rings. The van der Waals surface area contributed by atoms with Gasteiger partial charge in [0.1, 0.15) is 5.69 Å². The van der Waals surface area contributed by atoms with Gasteiger partial charge in [-0.15, -0.1) is 0 Å². The van der Waals surface area contributed by atoms with Crippen LogP contribution in [-0.4, -0.2) is 41.7 Å². The molecule has 6 nitrogen and oxygen atoms in total. The number of aliphatic imine (C=N–C) groups is 1. The largest absolute Gasteiger partial charge is 0.356 e. The van der Waals surface area contributed by atoms with Crippen LogP contribution in [0.4, 0.5) is 0 Å². The molecule has 0 radical (unpaired) electrons. The lowest BCUT2D eigenvalue weighted by molar-refractivity contribution is 0.134. The molecule has 0 saturated carbocycles. The average molecular weight is 418 g/mol. The van der Waals surface area contributed by atoms with Gasteiger partial charge < -0.3 is 15.2 Å². The number of piperidine rings is 1. The van der Waals surface area contributed by atoms with Crippen LogP contribution in [0.1, 0.15) is 31.0 Å². The molecular weight excluding hydrogens is 386 g/mol. The first-order chi connectivity index (χ1) is 15.2. The molecule has 2 atom stereocenters. The van der Waals surface area contributed by atoms with E-state index in [4.69, 9.17) is 4.52 Å². The molecule has 0 aliphatic carbocycles. The Hall–Kier alpha value is -3.12. The van der Waals surface area contributed by atoms with E-state index in [-0.39, 0.29) is 0 Å². The number of aromatic nitrogens is 1. The zero-order valence-electron chi connectivity index (χ0n) is 18.3. The molecule has 6 heteroatoms. The van der Waals surface area contributed by atoms with Crippen molar-refractivity contribution in [3.8, 4) is 11.3 Å². The van der Waals surface area contributed by atoms with Crippen molar-refractivity contribution in [2.45, 2.75) is 44.9 Å². The van der Waals surface area contributed by atoms with Crippen molar-refractivity contribution >= 4 is 5.96 Å². The number of nitrogens with one attached hydrogen (secondary N) is 2. The Kier molecular flexibility index (Phi) is 6.99. The molecule has 31 heavy (non-hydrogen) atoms. The quantitative estimate of drug-likeness (QED) is 0.468. The summed E-state index contributed by atoms with van der Waals surface area (Å²) in [4.78, 5) is 6.96. The van der Waals surface area contributed by atoms with E-state index < -0.39 is 0 Å². The molecular formula is C25H31N5O. The normalized spacial score (nSPS) is 19.9. The summed E-state index contributed by atoms with van der Waals surface area (Å²) in [5.74, 6) is 1.58. The van der Waals surface area contributed by atoms with Gasteiger partial charge in [0.05, 0.1) is 6.54 Å². The molecule has 0 amide bonds. The average Bonchev–Trinajstić information content (AvgIpc) is 3.29. The number of likely N-dealkylation sites (tertiary alicyclic amines) is 1. The Bertz CT molecular complexity index is 970. The van der Waals surface area contributed by atoms with E-state index in [9.17, 15) is 0 Å². The van der Waals surface area contributed by atoms with Crippen molar-refractivity contribution in [1.29, 1.82) is 0 Å². The maximum Gasteiger partial charge on any atom is 0.191 e. The van der Waals surface area contributed by atoms with Crippen LogP contribution in [0.2, 0.25) is 0 Å².